The van der Waals surface area contributed by atoms with Crippen LogP contribution in [0.25, 0.3) is 0 Å². The summed E-state index contributed by atoms with van der Waals surface area (Å²) < 4.78 is 7.76. The minimum absolute atomic E-state index is 0.0878. The number of hydrogen-bond donors (Lipinski definition) is 0. The minimum atomic E-state index is -0.0878. The van der Waals surface area contributed by atoms with E-state index < -0.39 is 0 Å². The number of carbonyl (C=O) groups is 1. The molecule has 1 amide bonds. The van der Waals surface area contributed by atoms with E-state index in [1.165, 1.54) is 6.42 Å². The summed E-state index contributed by atoms with van der Waals surface area (Å²) in [5.74, 6) is 2.30. The molecule has 0 spiro atoms. The Balaban J connectivity index is 1.47. The summed E-state index contributed by atoms with van der Waals surface area (Å²) in [5.41, 5.74) is 0.953. The number of ether oxygens (including phenoxy) is 1. The fourth-order valence-electron chi connectivity index (χ4n) is 3.61. The van der Waals surface area contributed by atoms with Crippen molar-refractivity contribution in [1.82, 2.24) is 24.6 Å². The van der Waals surface area contributed by atoms with Gasteiger partial charge in [0.25, 0.3) is 0 Å². The van der Waals surface area contributed by atoms with E-state index >= 15 is 0 Å². The van der Waals surface area contributed by atoms with Gasteiger partial charge in [-0.1, -0.05) is 12.1 Å². The second-order valence-corrected chi connectivity index (χ2v) is 6.73. The van der Waals surface area contributed by atoms with Gasteiger partial charge in [-0.3, -0.25) is 4.79 Å². The van der Waals surface area contributed by atoms with Crippen LogP contribution in [0.15, 0.2) is 36.0 Å². The summed E-state index contributed by atoms with van der Waals surface area (Å²) in [5, 5.41) is 8.60. The van der Waals surface area contributed by atoms with Gasteiger partial charge >= 0.3 is 0 Å². The van der Waals surface area contributed by atoms with E-state index in [1.54, 1.807) is 6.20 Å². The van der Waals surface area contributed by atoms with Crippen LogP contribution in [0.2, 0.25) is 0 Å². The zero-order valence-corrected chi connectivity index (χ0v) is 15.0. The molecule has 2 aromatic rings. The Morgan fingerprint density at radius 2 is 2.19 bits per heavy atom. The van der Waals surface area contributed by atoms with Crippen molar-refractivity contribution in [1.29, 1.82) is 0 Å². The van der Waals surface area contributed by atoms with Crippen molar-refractivity contribution in [2.45, 2.75) is 51.8 Å². The van der Waals surface area contributed by atoms with E-state index in [0.29, 0.717) is 25.6 Å². The SMILES string of the molecule is CC1c2nnc(COc3ccccn3)n2CCN1C(=O)C1=CCCCC1. The maximum absolute atomic E-state index is 12.9. The van der Waals surface area contributed by atoms with Gasteiger partial charge in [0.1, 0.15) is 6.61 Å². The molecule has 7 heteroatoms. The molecule has 136 valence electrons. The monoisotopic (exact) mass is 353 g/mol. The molecule has 0 aromatic carbocycles. The van der Waals surface area contributed by atoms with Gasteiger partial charge in [-0.25, -0.2) is 4.98 Å². The van der Waals surface area contributed by atoms with E-state index in [-0.39, 0.29) is 11.9 Å². The highest BCUT2D eigenvalue weighted by Gasteiger charge is 2.32. The zero-order valence-electron chi connectivity index (χ0n) is 15.0. The molecule has 4 rings (SSSR count). The van der Waals surface area contributed by atoms with Crippen LogP contribution in [0.1, 0.15) is 50.3 Å². The predicted octanol–water partition coefficient (Wildman–Crippen LogP) is 2.66. The predicted molar refractivity (Wildman–Crippen MR) is 95.3 cm³/mol. The molecule has 0 saturated heterocycles. The van der Waals surface area contributed by atoms with Crippen molar-refractivity contribution in [3.8, 4) is 5.88 Å². The fourth-order valence-corrected chi connectivity index (χ4v) is 3.61. The van der Waals surface area contributed by atoms with Gasteiger partial charge in [-0.05, 0) is 38.7 Å². The number of rotatable bonds is 4. The lowest BCUT2D eigenvalue weighted by Gasteiger charge is -2.34. The van der Waals surface area contributed by atoms with Gasteiger partial charge in [0.2, 0.25) is 11.8 Å². The summed E-state index contributed by atoms with van der Waals surface area (Å²) in [6, 6.07) is 5.46. The van der Waals surface area contributed by atoms with Crippen molar-refractivity contribution >= 4 is 5.91 Å². The van der Waals surface area contributed by atoms with Crippen LogP contribution in [-0.2, 0) is 17.9 Å². The van der Waals surface area contributed by atoms with Crippen molar-refractivity contribution in [2.24, 2.45) is 0 Å². The molecule has 1 aliphatic heterocycles. The Morgan fingerprint density at radius 1 is 1.27 bits per heavy atom. The fraction of sp³-hybridized carbons (Fsp3) is 0.474. The first kappa shape index (κ1) is 16.8. The Hall–Kier alpha value is -2.70. The summed E-state index contributed by atoms with van der Waals surface area (Å²) in [4.78, 5) is 18.9. The second kappa shape index (κ2) is 7.27. The third-order valence-corrected chi connectivity index (χ3v) is 5.08. The first-order valence-corrected chi connectivity index (χ1v) is 9.20. The highest BCUT2D eigenvalue weighted by Crippen LogP contribution is 2.28. The van der Waals surface area contributed by atoms with Crippen LogP contribution >= 0.6 is 0 Å². The topological polar surface area (TPSA) is 73.1 Å². The van der Waals surface area contributed by atoms with E-state index in [4.69, 9.17) is 4.74 Å². The molecular formula is C19H23N5O2. The lowest BCUT2D eigenvalue weighted by molar-refractivity contribution is -0.130. The van der Waals surface area contributed by atoms with E-state index in [2.05, 4.69) is 25.8 Å². The molecule has 0 bridgehead atoms. The van der Waals surface area contributed by atoms with Gasteiger partial charge in [-0.15, -0.1) is 10.2 Å². The molecule has 7 nitrogen and oxygen atoms in total. The number of carbonyl (C=O) groups excluding carboxylic acids is 1. The highest BCUT2D eigenvalue weighted by atomic mass is 16.5. The molecule has 0 fully saturated rings. The molecule has 0 radical (unpaired) electrons. The van der Waals surface area contributed by atoms with Gasteiger partial charge < -0.3 is 14.2 Å². The van der Waals surface area contributed by atoms with Crippen LogP contribution in [0.4, 0.5) is 0 Å². The molecule has 1 atom stereocenters. The molecule has 26 heavy (non-hydrogen) atoms. The number of hydrogen-bond acceptors (Lipinski definition) is 5. The average molecular weight is 353 g/mol. The molecule has 0 saturated carbocycles. The van der Waals surface area contributed by atoms with E-state index in [1.807, 2.05) is 30.0 Å². The van der Waals surface area contributed by atoms with Crippen LogP contribution in [0, 0.1) is 0 Å². The van der Waals surface area contributed by atoms with Gasteiger partial charge in [0.15, 0.2) is 11.6 Å². The molecule has 2 aromatic heterocycles. The standard InChI is InChI=1S/C19H23N5O2/c1-14-18-22-21-16(13-26-17-9-5-6-10-20-17)24(18)12-11-23(14)19(25)15-7-3-2-4-8-15/h5-7,9-10,14H,2-4,8,11-13H2,1H3. The molecule has 3 heterocycles. The van der Waals surface area contributed by atoms with Crippen LogP contribution in [0.3, 0.4) is 0 Å². The van der Waals surface area contributed by atoms with E-state index in [9.17, 15) is 4.79 Å². The first-order valence-electron chi connectivity index (χ1n) is 9.20. The number of fused-ring (bicyclic) bond motifs is 1. The molecule has 1 aliphatic carbocycles. The maximum Gasteiger partial charge on any atom is 0.250 e. The van der Waals surface area contributed by atoms with Crippen molar-refractivity contribution in [3.63, 3.8) is 0 Å². The van der Waals surface area contributed by atoms with E-state index in [0.717, 1.165) is 36.5 Å². The zero-order chi connectivity index (χ0) is 17.9. The third-order valence-electron chi connectivity index (χ3n) is 5.08. The van der Waals surface area contributed by atoms with Crippen molar-refractivity contribution < 1.29 is 9.53 Å². The van der Waals surface area contributed by atoms with Crippen LogP contribution in [-0.4, -0.2) is 37.1 Å². The summed E-state index contributed by atoms with van der Waals surface area (Å²) >= 11 is 0. The van der Waals surface area contributed by atoms with Gasteiger partial charge in [-0.2, -0.15) is 0 Å². The summed E-state index contributed by atoms with van der Waals surface area (Å²) in [7, 11) is 0. The molecule has 1 unspecified atom stereocenters. The quantitative estimate of drug-likeness (QED) is 0.845. The maximum atomic E-state index is 12.9. The summed E-state index contributed by atoms with van der Waals surface area (Å²) in [6.07, 6.45) is 7.97. The first-order chi connectivity index (χ1) is 12.7. The van der Waals surface area contributed by atoms with Crippen LogP contribution < -0.4 is 4.74 Å². The van der Waals surface area contributed by atoms with Gasteiger partial charge in [0.05, 0.1) is 6.04 Å². The Morgan fingerprint density at radius 3 is 2.96 bits per heavy atom. The lowest BCUT2D eigenvalue weighted by Crippen LogP contribution is -2.42. The minimum Gasteiger partial charge on any atom is -0.469 e. The third kappa shape index (κ3) is 3.21. The molecular weight excluding hydrogens is 330 g/mol. The van der Waals surface area contributed by atoms with Gasteiger partial charge in [0, 0.05) is 30.9 Å². The Labute approximate surface area is 152 Å². The second-order valence-electron chi connectivity index (χ2n) is 6.73. The number of pyridine rings is 1. The number of amides is 1. The summed E-state index contributed by atoms with van der Waals surface area (Å²) in [6.45, 7) is 3.69. The number of nitrogens with zero attached hydrogens (tertiary/aromatic N) is 5. The highest BCUT2D eigenvalue weighted by molar-refractivity contribution is 5.93. The molecule has 2 aliphatic rings. The van der Waals surface area contributed by atoms with Crippen molar-refractivity contribution in [2.75, 3.05) is 6.54 Å². The lowest BCUT2D eigenvalue weighted by atomic mass is 9.98. The number of aromatic nitrogens is 4. The number of allylic oxidation sites excluding steroid dienone is 1. The smallest absolute Gasteiger partial charge is 0.250 e. The Kier molecular flexibility index (Phi) is 4.69. The largest absolute Gasteiger partial charge is 0.469 e. The van der Waals surface area contributed by atoms with Crippen molar-refractivity contribution in [3.05, 3.63) is 47.7 Å². The molecule has 0 N–H and O–H groups in total. The normalized spacial score (nSPS) is 19.7. The average Bonchev–Trinajstić information content (AvgIpc) is 3.12. The van der Waals surface area contributed by atoms with Crippen LogP contribution in [0.5, 0.6) is 5.88 Å². The Bertz CT molecular complexity index is 815.